The van der Waals surface area contributed by atoms with Crippen molar-refractivity contribution in [3.63, 3.8) is 0 Å². The van der Waals surface area contributed by atoms with E-state index in [1.807, 2.05) is 0 Å². The highest BCUT2D eigenvalue weighted by molar-refractivity contribution is 5.76. The summed E-state index contributed by atoms with van der Waals surface area (Å²) in [5.74, 6) is 1.78. The minimum absolute atomic E-state index is 0.522. The first-order valence-electron chi connectivity index (χ1n) is 6.22. The van der Waals surface area contributed by atoms with E-state index in [1.165, 1.54) is 0 Å². The van der Waals surface area contributed by atoms with E-state index in [-0.39, 0.29) is 0 Å². The van der Waals surface area contributed by atoms with E-state index >= 15 is 0 Å². The van der Waals surface area contributed by atoms with Crippen molar-refractivity contribution in [2.45, 2.75) is 26.7 Å². The SMILES string of the molecule is CNc1nc(OCCCC(C)C)c2[nH]cnc2n1. The van der Waals surface area contributed by atoms with Crippen molar-refractivity contribution < 1.29 is 4.74 Å². The Morgan fingerprint density at radius 1 is 1.39 bits per heavy atom. The predicted octanol–water partition coefficient (Wildman–Crippen LogP) is 2.21. The lowest BCUT2D eigenvalue weighted by Crippen LogP contribution is -2.04. The minimum atomic E-state index is 0.522. The molecule has 0 spiro atoms. The monoisotopic (exact) mass is 249 g/mol. The second kappa shape index (κ2) is 5.66. The number of ether oxygens (including phenoxy) is 1. The fourth-order valence-corrected chi connectivity index (χ4v) is 1.68. The van der Waals surface area contributed by atoms with Gasteiger partial charge in [-0.25, -0.2) is 4.98 Å². The van der Waals surface area contributed by atoms with Gasteiger partial charge in [0, 0.05) is 7.05 Å². The first-order valence-corrected chi connectivity index (χ1v) is 6.22. The van der Waals surface area contributed by atoms with Gasteiger partial charge in [-0.1, -0.05) is 13.8 Å². The molecule has 2 aromatic heterocycles. The van der Waals surface area contributed by atoms with Crippen LogP contribution in [-0.4, -0.2) is 33.6 Å². The van der Waals surface area contributed by atoms with Gasteiger partial charge in [0.05, 0.1) is 12.9 Å². The summed E-state index contributed by atoms with van der Waals surface area (Å²) in [5.41, 5.74) is 1.37. The number of aromatic amines is 1. The first-order chi connectivity index (χ1) is 8.70. The molecule has 6 heteroatoms. The molecule has 0 atom stereocenters. The average Bonchev–Trinajstić information content (AvgIpc) is 2.82. The lowest BCUT2D eigenvalue weighted by atomic mass is 10.1. The van der Waals surface area contributed by atoms with E-state index in [0.29, 0.717) is 30.0 Å². The van der Waals surface area contributed by atoms with Crippen molar-refractivity contribution in [2.75, 3.05) is 19.0 Å². The minimum Gasteiger partial charge on any atom is -0.476 e. The Morgan fingerprint density at radius 2 is 2.22 bits per heavy atom. The lowest BCUT2D eigenvalue weighted by Gasteiger charge is -2.08. The molecule has 0 saturated carbocycles. The third-order valence-corrected chi connectivity index (χ3v) is 2.64. The van der Waals surface area contributed by atoms with Gasteiger partial charge in [0.15, 0.2) is 5.65 Å². The molecule has 2 rings (SSSR count). The van der Waals surface area contributed by atoms with Crippen LogP contribution in [0.2, 0.25) is 0 Å². The van der Waals surface area contributed by atoms with Gasteiger partial charge in [0.2, 0.25) is 11.8 Å². The van der Waals surface area contributed by atoms with Crippen LogP contribution < -0.4 is 10.1 Å². The quantitative estimate of drug-likeness (QED) is 0.768. The molecular formula is C12H19N5O. The molecule has 0 saturated heterocycles. The summed E-state index contributed by atoms with van der Waals surface area (Å²) < 4.78 is 5.71. The Hall–Kier alpha value is -1.85. The van der Waals surface area contributed by atoms with E-state index in [2.05, 4.69) is 39.1 Å². The Bertz CT molecular complexity index is 508. The number of imidazole rings is 1. The van der Waals surface area contributed by atoms with Crippen LogP contribution in [0.25, 0.3) is 11.2 Å². The van der Waals surface area contributed by atoms with Crippen LogP contribution >= 0.6 is 0 Å². The molecule has 2 aromatic rings. The van der Waals surface area contributed by atoms with Gasteiger partial charge in [-0.05, 0) is 18.8 Å². The van der Waals surface area contributed by atoms with Crippen molar-refractivity contribution >= 4 is 17.1 Å². The van der Waals surface area contributed by atoms with Gasteiger partial charge in [-0.15, -0.1) is 0 Å². The van der Waals surface area contributed by atoms with E-state index in [4.69, 9.17) is 4.74 Å². The molecule has 18 heavy (non-hydrogen) atoms. The van der Waals surface area contributed by atoms with Crippen LogP contribution in [0.5, 0.6) is 5.88 Å². The van der Waals surface area contributed by atoms with Crippen LogP contribution in [-0.2, 0) is 0 Å². The van der Waals surface area contributed by atoms with E-state index in [9.17, 15) is 0 Å². The van der Waals surface area contributed by atoms with Crippen molar-refractivity contribution in [3.8, 4) is 5.88 Å². The van der Waals surface area contributed by atoms with E-state index < -0.39 is 0 Å². The standard InChI is InChI=1S/C12H19N5O/c1-8(2)5-4-6-18-11-9-10(15-7-14-9)16-12(13-3)17-11/h7-8H,4-6H2,1-3H3,(H2,13,14,15,16,17). The van der Waals surface area contributed by atoms with Crippen LogP contribution in [0.1, 0.15) is 26.7 Å². The van der Waals surface area contributed by atoms with E-state index in [1.54, 1.807) is 13.4 Å². The van der Waals surface area contributed by atoms with Gasteiger partial charge in [0.25, 0.3) is 0 Å². The molecule has 6 nitrogen and oxygen atoms in total. The highest BCUT2D eigenvalue weighted by atomic mass is 16.5. The van der Waals surface area contributed by atoms with Gasteiger partial charge < -0.3 is 15.0 Å². The van der Waals surface area contributed by atoms with Gasteiger partial charge >= 0.3 is 0 Å². The molecule has 98 valence electrons. The molecular weight excluding hydrogens is 230 g/mol. The summed E-state index contributed by atoms with van der Waals surface area (Å²) in [5, 5.41) is 2.90. The van der Waals surface area contributed by atoms with Crippen molar-refractivity contribution in [3.05, 3.63) is 6.33 Å². The van der Waals surface area contributed by atoms with Crippen LogP contribution in [0.4, 0.5) is 5.95 Å². The molecule has 0 bridgehead atoms. The Morgan fingerprint density at radius 3 is 2.94 bits per heavy atom. The molecule has 0 aliphatic rings. The topological polar surface area (TPSA) is 75.7 Å². The van der Waals surface area contributed by atoms with Gasteiger partial charge in [-0.3, -0.25) is 0 Å². The Labute approximate surface area is 106 Å². The van der Waals surface area contributed by atoms with Crippen molar-refractivity contribution in [2.24, 2.45) is 5.92 Å². The maximum Gasteiger partial charge on any atom is 0.245 e. The molecule has 2 N–H and O–H groups in total. The number of hydrogen-bond acceptors (Lipinski definition) is 5. The Kier molecular flexibility index (Phi) is 3.96. The number of H-pyrrole nitrogens is 1. The summed E-state index contributed by atoms with van der Waals surface area (Å²) in [4.78, 5) is 15.6. The second-order valence-corrected chi connectivity index (χ2v) is 4.59. The molecule has 0 radical (unpaired) electrons. The van der Waals surface area contributed by atoms with E-state index in [0.717, 1.165) is 18.4 Å². The van der Waals surface area contributed by atoms with Gasteiger partial charge in [-0.2, -0.15) is 9.97 Å². The number of anilines is 1. The smallest absolute Gasteiger partial charge is 0.245 e. The fourth-order valence-electron chi connectivity index (χ4n) is 1.68. The largest absolute Gasteiger partial charge is 0.476 e. The third-order valence-electron chi connectivity index (χ3n) is 2.64. The summed E-state index contributed by atoms with van der Waals surface area (Å²) in [6.07, 6.45) is 3.77. The first kappa shape index (κ1) is 12.6. The normalized spacial score (nSPS) is 11.1. The predicted molar refractivity (Wildman–Crippen MR) is 70.8 cm³/mol. The van der Waals surface area contributed by atoms with Gasteiger partial charge in [0.1, 0.15) is 5.52 Å². The maximum atomic E-state index is 5.71. The number of hydrogen-bond donors (Lipinski definition) is 2. The zero-order valence-corrected chi connectivity index (χ0v) is 11.0. The zero-order chi connectivity index (χ0) is 13.0. The third kappa shape index (κ3) is 2.88. The average molecular weight is 249 g/mol. The summed E-state index contributed by atoms with van der Waals surface area (Å²) in [7, 11) is 1.77. The number of aromatic nitrogens is 4. The van der Waals surface area contributed by atoms with Crippen molar-refractivity contribution in [1.29, 1.82) is 0 Å². The highest BCUT2D eigenvalue weighted by Crippen LogP contribution is 2.20. The summed E-state index contributed by atoms with van der Waals surface area (Å²) in [6.45, 7) is 5.07. The maximum absolute atomic E-state index is 5.71. The molecule has 0 unspecified atom stereocenters. The van der Waals surface area contributed by atoms with Crippen molar-refractivity contribution in [1.82, 2.24) is 19.9 Å². The molecule has 0 aliphatic carbocycles. The number of nitrogens with one attached hydrogen (secondary N) is 2. The fraction of sp³-hybridized carbons (Fsp3) is 0.583. The van der Waals surface area contributed by atoms with Crippen LogP contribution in [0.15, 0.2) is 6.33 Å². The zero-order valence-electron chi connectivity index (χ0n) is 11.0. The molecule has 0 aliphatic heterocycles. The molecule has 0 aromatic carbocycles. The Balaban J connectivity index is 2.08. The molecule has 0 amide bonds. The molecule has 0 fully saturated rings. The summed E-state index contributed by atoms with van der Waals surface area (Å²) in [6, 6.07) is 0. The lowest BCUT2D eigenvalue weighted by molar-refractivity contribution is 0.290. The summed E-state index contributed by atoms with van der Waals surface area (Å²) >= 11 is 0. The molecule has 2 heterocycles. The van der Waals surface area contributed by atoms with Crippen LogP contribution in [0.3, 0.4) is 0 Å². The second-order valence-electron chi connectivity index (χ2n) is 4.59. The highest BCUT2D eigenvalue weighted by Gasteiger charge is 2.10. The van der Waals surface area contributed by atoms with Crippen LogP contribution in [0, 0.1) is 5.92 Å². The number of nitrogens with zero attached hydrogens (tertiary/aromatic N) is 3. The number of fused-ring (bicyclic) bond motifs is 1. The number of rotatable bonds is 6.